The van der Waals surface area contributed by atoms with Crippen LogP contribution in [0.15, 0.2) is 53.0 Å². The molecule has 114 valence electrons. The summed E-state index contributed by atoms with van der Waals surface area (Å²) in [4.78, 5) is 7.06. The number of nitrogens with zero attached hydrogens (tertiary/aromatic N) is 3. The first-order chi connectivity index (χ1) is 10.6. The number of aromatic nitrogens is 2. The highest BCUT2D eigenvalue weighted by Gasteiger charge is 2.09. The van der Waals surface area contributed by atoms with Gasteiger partial charge in [0.05, 0.1) is 17.6 Å². The van der Waals surface area contributed by atoms with Gasteiger partial charge in [-0.05, 0) is 43.3 Å². The monoisotopic (exact) mass is 357 g/mol. The Labute approximate surface area is 139 Å². The zero-order valence-corrected chi connectivity index (χ0v) is 14.5. The van der Waals surface area contributed by atoms with Crippen molar-refractivity contribution >= 4 is 27.0 Å². The molecule has 3 rings (SSSR count). The Hall–Kier alpha value is -1.65. The molecule has 0 aliphatic heterocycles. The first-order valence-electron chi connectivity index (χ1n) is 7.47. The van der Waals surface area contributed by atoms with Gasteiger partial charge in [0, 0.05) is 18.1 Å². The molecule has 3 aromatic rings. The minimum Gasteiger partial charge on any atom is -0.330 e. The Morgan fingerprint density at radius 1 is 1.09 bits per heavy atom. The number of rotatable bonds is 5. The zero-order valence-electron chi connectivity index (χ0n) is 13.0. The summed E-state index contributed by atoms with van der Waals surface area (Å²) in [7, 11) is 4.24. The van der Waals surface area contributed by atoms with E-state index in [0.29, 0.717) is 0 Å². The van der Waals surface area contributed by atoms with Gasteiger partial charge in [-0.3, -0.25) is 4.90 Å². The largest absolute Gasteiger partial charge is 0.330 e. The highest BCUT2D eigenvalue weighted by atomic mass is 79.9. The molecule has 0 saturated heterocycles. The van der Waals surface area contributed by atoms with Crippen molar-refractivity contribution in [2.45, 2.75) is 13.0 Å². The van der Waals surface area contributed by atoms with Crippen LogP contribution in [0.3, 0.4) is 0 Å². The third-order valence-electron chi connectivity index (χ3n) is 3.99. The predicted octanol–water partition coefficient (Wildman–Crippen LogP) is 4.01. The minimum atomic E-state index is 0.863. The van der Waals surface area contributed by atoms with E-state index in [1.54, 1.807) is 0 Å². The van der Waals surface area contributed by atoms with Gasteiger partial charge in [-0.25, -0.2) is 4.98 Å². The molecule has 1 heterocycles. The van der Waals surface area contributed by atoms with E-state index in [2.05, 4.69) is 82.0 Å². The number of imidazole rings is 1. The average Bonchev–Trinajstić information content (AvgIpc) is 2.83. The third kappa shape index (κ3) is 3.39. The third-order valence-corrected chi connectivity index (χ3v) is 4.52. The number of para-hydroxylation sites is 2. The summed E-state index contributed by atoms with van der Waals surface area (Å²) in [6, 6.07) is 16.8. The first kappa shape index (κ1) is 15.3. The molecule has 0 saturated carbocycles. The molecule has 1 aromatic heterocycles. The fraction of sp³-hybridized carbons (Fsp3) is 0.278. The number of hydrogen-bond acceptors (Lipinski definition) is 2. The van der Waals surface area contributed by atoms with E-state index >= 15 is 0 Å². The lowest BCUT2D eigenvalue weighted by Gasteiger charge is -2.16. The van der Waals surface area contributed by atoms with Crippen molar-refractivity contribution in [2.24, 2.45) is 7.05 Å². The van der Waals surface area contributed by atoms with Gasteiger partial charge in [-0.1, -0.05) is 40.2 Å². The fourth-order valence-corrected chi connectivity index (χ4v) is 2.89. The van der Waals surface area contributed by atoms with Crippen LogP contribution in [0.1, 0.15) is 11.4 Å². The van der Waals surface area contributed by atoms with Gasteiger partial charge < -0.3 is 4.57 Å². The van der Waals surface area contributed by atoms with E-state index in [1.807, 2.05) is 6.07 Å². The highest BCUT2D eigenvalue weighted by Crippen LogP contribution is 2.15. The van der Waals surface area contributed by atoms with E-state index in [4.69, 9.17) is 4.98 Å². The molecule has 0 unspecified atom stereocenters. The Kier molecular flexibility index (Phi) is 4.60. The van der Waals surface area contributed by atoms with Crippen molar-refractivity contribution in [3.8, 4) is 0 Å². The summed E-state index contributed by atoms with van der Waals surface area (Å²) in [5.74, 6) is 1.11. The summed E-state index contributed by atoms with van der Waals surface area (Å²) in [5, 5.41) is 0. The van der Waals surface area contributed by atoms with Gasteiger partial charge in [0.25, 0.3) is 0 Å². The van der Waals surface area contributed by atoms with Gasteiger partial charge in [0.1, 0.15) is 5.82 Å². The van der Waals surface area contributed by atoms with Crippen molar-refractivity contribution in [3.05, 3.63) is 64.4 Å². The fourth-order valence-electron chi connectivity index (χ4n) is 2.63. The summed E-state index contributed by atoms with van der Waals surface area (Å²) in [5.41, 5.74) is 3.63. The summed E-state index contributed by atoms with van der Waals surface area (Å²) >= 11 is 3.47. The van der Waals surface area contributed by atoms with Gasteiger partial charge in [0.15, 0.2) is 0 Å². The molecule has 0 atom stereocenters. The second-order valence-electron chi connectivity index (χ2n) is 5.69. The second kappa shape index (κ2) is 6.63. The van der Waals surface area contributed by atoms with Crippen LogP contribution in [0.4, 0.5) is 0 Å². The standard InChI is InChI=1S/C18H20BrN3/c1-21(12-11-14-7-9-15(19)10-8-14)13-18-20-16-5-3-4-6-17(16)22(18)2/h3-10H,11-13H2,1-2H3. The van der Waals surface area contributed by atoms with Crippen LogP contribution in [0.5, 0.6) is 0 Å². The van der Waals surface area contributed by atoms with Crippen molar-refractivity contribution in [3.63, 3.8) is 0 Å². The summed E-state index contributed by atoms with van der Waals surface area (Å²) in [6.07, 6.45) is 1.05. The number of likely N-dealkylation sites (N-methyl/N-ethyl adjacent to an activating group) is 1. The topological polar surface area (TPSA) is 21.1 Å². The zero-order chi connectivity index (χ0) is 15.5. The van der Waals surface area contributed by atoms with Crippen LogP contribution >= 0.6 is 15.9 Å². The molecule has 22 heavy (non-hydrogen) atoms. The number of benzene rings is 2. The number of hydrogen-bond donors (Lipinski definition) is 0. The van der Waals surface area contributed by atoms with E-state index < -0.39 is 0 Å². The van der Waals surface area contributed by atoms with Crippen LogP contribution < -0.4 is 0 Å². The quantitative estimate of drug-likeness (QED) is 0.687. The van der Waals surface area contributed by atoms with E-state index in [1.165, 1.54) is 11.1 Å². The van der Waals surface area contributed by atoms with Crippen LogP contribution in [-0.4, -0.2) is 28.0 Å². The Morgan fingerprint density at radius 3 is 2.55 bits per heavy atom. The van der Waals surface area contributed by atoms with E-state index in [9.17, 15) is 0 Å². The molecule has 0 radical (unpaired) electrons. The van der Waals surface area contributed by atoms with Gasteiger partial charge in [-0.15, -0.1) is 0 Å². The summed E-state index contributed by atoms with van der Waals surface area (Å²) < 4.78 is 3.31. The molecule has 4 heteroatoms. The average molecular weight is 358 g/mol. The van der Waals surface area contributed by atoms with Crippen LogP contribution in [0, 0.1) is 0 Å². The molecule has 0 N–H and O–H groups in total. The second-order valence-corrected chi connectivity index (χ2v) is 6.61. The van der Waals surface area contributed by atoms with Crippen LogP contribution in [0.2, 0.25) is 0 Å². The van der Waals surface area contributed by atoms with Crippen molar-refractivity contribution in [1.82, 2.24) is 14.5 Å². The maximum Gasteiger partial charge on any atom is 0.123 e. The molecule has 0 aliphatic rings. The maximum atomic E-state index is 4.73. The van der Waals surface area contributed by atoms with Crippen LogP contribution in [0.25, 0.3) is 11.0 Å². The van der Waals surface area contributed by atoms with Gasteiger partial charge in [-0.2, -0.15) is 0 Å². The molecule has 0 bridgehead atoms. The Morgan fingerprint density at radius 2 is 1.82 bits per heavy atom. The molecule has 0 fully saturated rings. The lowest BCUT2D eigenvalue weighted by Crippen LogP contribution is -2.22. The minimum absolute atomic E-state index is 0.863. The molecular weight excluding hydrogens is 338 g/mol. The van der Waals surface area contributed by atoms with Crippen molar-refractivity contribution in [2.75, 3.05) is 13.6 Å². The molecule has 0 amide bonds. The molecule has 3 nitrogen and oxygen atoms in total. The first-order valence-corrected chi connectivity index (χ1v) is 8.26. The number of fused-ring (bicyclic) bond motifs is 1. The summed E-state index contributed by atoms with van der Waals surface area (Å²) in [6.45, 7) is 1.88. The molecule has 0 aliphatic carbocycles. The lowest BCUT2D eigenvalue weighted by molar-refractivity contribution is 0.319. The number of halogens is 1. The SMILES string of the molecule is CN(CCc1ccc(Br)cc1)Cc1nc2ccccc2n1C. The van der Waals surface area contributed by atoms with Crippen molar-refractivity contribution < 1.29 is 0 Å². The van der Waals surface area contributed by atoms with Crippen LogP contribution in [-0.2, 0) is 20.0 Å². The molecule has 2 aromatic carbocycles. The normalized spacial score (nSPS) is 11.5. The smallest absolute Gasteiger partial charge is 0.123 e. The Bertz CT molecular complexity index is 762. The maximum absolute atomic E-state index is 4.73. The predicted molar refractivity (Wildman–Crippen MR) is 94.9 cm³/mol. The van der Waals surface area contributed by atoms with E-state index in [-0.39, 0.29) is 0 Å². The van der Waals surface area contributed by atoms with Gasteiger partial charge in [0.2, 0.25) is 0 Å². The number of aryl methyl sites for hydroxylation is 1. The van der Waals surface area contributed by atoms with Gasteiger partial charge >= 0.3 is 0 Å². The van der Waals surface area contributed by atoms with E-state index in [0.717, 1.165) is 35.3 Å². The lowest BCUT2D eigenvalue weighted by atomic mass is 10.1. The molecular formula is C18H20BrN3. The Balaban J connectivity index is 1.64. The van der Waals surface area contributed by atoms with Crippen molar-refractivity contribution in [1.29, 1.82) is 0 Å². The highest BCUT2D eigenvalue weighted by molar-refractivity contribution is 9.10. The molecule has 0 spiro atoms.